The minimum atomic E-state index is -0.416. The monoisotopic (exact) mass is 377 g/mol. The van der Waals surface area contributed by atoms with Crippen molar-refractivity contribution >= 4 is 18.1 Å². The molecule has 1 fully saturated rings. The number of hydrogen-bond acceptors (Lipinski definition) is 5. The molecule has 0 aromatic heterocycles. The molecule has 26 heavy (non-hydrogen) atoms. The van der Waals surface area contributed by atoms with E-state index in [4.69, 9.17) is 10.5 Å². The lowest BCUT2D eigenvalue weighted by atomic mass is 9.89. The predicted molar refractivity (Wildman–Crippen MR) is 104 cm³/mol. The van der Waals surface area contributed by atoms with Crippen LogP contribution in [-0.2, 0) is 0 Å². The Morgan fingerprint density at radius 3 is 2.50 bits per heavy atom. The summed E-state index contributed by atoms with van der Waals surface area (Å²) in [7, 11) is 0. The van der Waals surface area contributed by atoms with Crippen molar-refractivity contribution in [1.82, 2.24) is 4.90 Å². The zero-order chi connectivity index (χ0) is 17.6. The van der Waals surface area contributed by atoms with Crippen LogP contribution in [0.1, 0.15) is 11.5 Å². The number of likely N-dealkylation sites (tertiary alicyclic amines) is 1. The predicted octanol–water partition coefficient (Wildman–Crippen LogP) is 3.07. The van der Waals surface area contributed by atoms with Crippen molar-refractivity contribution < 1.29 is 9.66 Å². The van der Waals surface area contributed by atoms with E-state index in [-0.39, 0.29) is 18.1 Å². The van der Waals surface area contributed by atoms with E-state index >= 15 is 0 Å². The summed E-state index contributed by atoms with van der Waals surface area (Å²) in [6.07, 6.45) is 0. The third kappa shape index (κ3) is 4.72. The fourth-order valence-electron chi connectivity index (χ4n) is 3.47. The Bertz CT molecular complexity index is 714. The number of hydrogen-bond donors (Lipinski definition) is 1. The summed E-state index contributed by atoms with van der Waals surface area (Å²) < 4.78 is 5.66. The van der Waals surface area contributed by atoms with Crippen LogP contribution >= 0.6 is 12.4 Å². The minimum absolute atomic E-state index is 0. The first-order valence-electron chi connectivity index (χ1n) is 8.52. The van der Waals surface area contributed by atoms with Gasteiger partial charge in [0.05, 0.1) is 4.92 Å². The normalized spacial score (nSPS) is 19.7. The smallest absolute Gasteiger partial charge is 0.310 e. The summed E-state index contributed by atoms with van der Waals surface area (Å²) in [5.41, 5.74) is 7.29. The number of rotatable bonds is 7. The largest absolute Gasteiger partial charge is 0.485 e. The molecule has 1 saturated heterocycles. The number of benzene rings is 2. The van der Waals surface area contributed by atoms with Crippen LogP contribution in [0.2, 0.25) is 0 Å². The van der Waals surface area contributed by atoms with Gasteiger partial charge in [-0.1, -0.05) is 42.5 Å². The number of nitrogens with two attached hydrogens (primary N) is 1. The van der Waals surface area contributed by atoms with Crippen molar-refractivity contribution in [1.29, 1.82) is 0 Å². The van der Waals surface area contributed by atoms with Crippen LogP contribution in [0.5, 0.6) is 5.75 Å². The second-order valence-electron chi connectivity index (χ2n) is 6.35. The topological polar surface area (TPSA) is 81.6 Å². The Kier molecular flexibility index (Phi) is 7.38. The Labute approximate surface area is 159 Å². The molecule has 0 unspecified atom stereocenters. The van der Waals surface area contributed by atoms with E-state index in [2.05, 4.69) is 29.2 Å². The van der Waals surface area contributed by atoms with Crippen molar-refractivity contribution in [3.63, 3.8) is 0 Å². The van der Waals surface area contributed by atoms with Crippen molar-refractivity contribution in [2.75, 3.05) is 32.8 Å². The fraction of sp³-hybridized carbons (Fsp3) is 0.368. The minimum Gasteiger partial charge on any atom is -0.485 e. The molecule has 0 bridgehead atoms. The molecule has 2 aromatic carbocycles. The van der Waals surface area contributed by atoms with Crippen LogP contribution < -0.4 is 10.5 Å². The van der Waals surface area contributed by atoms with Crippen molar-refractivity contribution in [3.8, 4) is 5.75 Å². The molecular weight excluding hydrogens is 354 g/mol. The van der Waals surface area contributed by atoms with E-state index in [1.165, 1.54) is 11.6 Å². The number of halogens is 1. The van der Waals surface area contributed by atoms with E-state index < -0.39 is 4.92 Å². The first-order chi connectivity index (χ1) is 12.2. The molecule has 0 radical (unpaired) electrons. The summed E-state index contributed by atoms with van der Waals surface area (Å²) in [5, 5.41) is 11.0. The second kappa shape index (κ2) is 9.52. The molecule has 7 heteroatoms. The van der Waals surface area contributed by atoms with Gasteiger partial charge in [0.25, 0.3) is 0 Å². The van der Waals surface area contributed by atoms with Gasteiger partial charge in [-0.05, 0) is 24.1 Å². The van der Waals surface area contributed by atoms with E-state index in [0.717, 1.165) is 19.6 Å². The first-order valence-corrected chi connectivity index (χ1v) is 8.52. The third-order valence-corrected chi connectivity index (χ3v) is 4.77. The van der Waals surface area contributed by atoms with E-state index in [1.807, 2.05) is 6.07 Å². The molecule has 1 heterocycles. The number of ether oxygens (including phenoxy) is 1. The SMILES string of the molecule is Cl.NC[C@@H]1CN(CCOc2ccccc2[N+](=O)[O-])C[C@H]1c1ccccc1. The first kappa shape index (κ1) is 20.2. The maximum Gasteiger partial charge on any atom is 0.310 e. The van der Waals surface area contributed by atoms with Gasteiger partial charge in [-0.15, -0.1) is 12.4 Å². The fourth-order valence-corrected chi connectivity index (χ4v) is 3.47. The molecule has 0 aliphatic carbocycles. The van der Waals surface area contributed by atoms with Crippen LogP contribution in [0.25, 0.3) is 0 Å². The van der Waals surface area contributed by atoms with Gasteiger partial charge in [0.1, 0.15) is 6.61 Å². The molecule has 1 aliphatic heterocycles. The number of nitrogens with zero attached hydrogens (tertiary/aromatic N) is 2. The number of nitro groups is 1. The molecule has 0 spiro atoms. The average Bonchev–Trinajstić information content (AvgIpc) is 3.06. The van der Waals surface area contributed by atoms with Crippen LogP contribution in [0.4, 0.5) is 5.69 Å². The van der Waals surface area contributed by atoms with Gasteiger partial charge in [0, 0.05) is 31.6 Å². The third-order valence-electron chi connectivity index (χ3n) is 4.77. The van der Waals surface area contributed by atoms with Gasteiger partial charge in [0.2, 0.25) is 0 Å². The summed E-state index contributed by atoms with van der Waals surface area (Å²) >= 11 is 0. The summed E-state index contributed by atoms with van der Waals surface area (Å²) in [6.45, 7) is 3.67. The van der Waals surface area contributed by atoms with Crippen molar-refractivity contribution in [3.05, 3.63) is 70.3 Å². The number of nitro benzene ring substituents is 1. The molecule has 2 N–H and O–H groups in total. The Morgan fingerprint density at radius 1 is 1.12 bits per heavy atom. The van der Waals surface area contributed by atoms with Crippen LogP contribution in [-0.4, -0.2) is 42.6 Å². The van der Waals surface area contributed by atoms with E-state index in [1.54, 1.807) is 18.2 Å². The van der Waals surface area contributed by atoms with Gasteiger partial charge in [0.15, 0.2) is 5.75 Å². The maximum atomic E-state index is 11.0. The molecule has 2 atom stereocenters. The Morgan fingerprint density at radius 2 is 1.81 bits per heavy atom. The highest BCUT2D eigenvalue weighted by molar-refractivity contribution is 5.85. The molecule has 0 saturated carbocycles. The standard InChI is InChI=1S/C19H23N3O3.ClH/c20-12-16-13-21(14-17(16)15-6-2-1-3-7-15)10-11-25-19-9-5-4-8-18(19)22(23)24;/h1-9,16-17H,10-14,20H2;1H/t16-,17+;/m1./s1. The molecule has 1 aliphatic rings. The zero-order valence-corrected chi connectivity index (χ0v) is 15.3. The molecular formula is C19H24ClN3O3. The highest BCUT2D eigenvalue weighted by atomic mass is 35.5. The molecule has 6 nitrogen and oxygen atoms in total. The van der Waals surface area contributed by atoms with E-state index in [9.17, 15) is 10.1 Å². The van der Waals surface area contributed by atoms with Crippen molar-refractivity contribution in [2.24, 2.45) is 11.7 Å². The van der Waals surface area contributed by atoms with Gasteiger partial charge in [-0.2, -0.15) is 0 Å². The zero-order valence-electron chi connectivity index (χ0n) is 14.5. The number of para-hydroxylation sites is 2. The average molecular weight is 378 g/mol. The summed E-state index contributed by atoms with van der Waals surface area (Å²) in [4.78, 5) is 12.9. The summed E-state index contributed by atoms with van der Waals surface area (Å²) in [6, 6.07) is 16.9. The quantitative estimate of drug-likeness (QED) is 0.592. The Hall–Kier alpha value is -2.15. The van der Waals surface area contributed by atoms with E-state index in [0.29, 0.717) is 30.7 Å². The molecule has 2 aromatic rings. The molecule has 3 rings (SSSR count). The van der Waals surface area contributed by atoms with Gasteiger partial charge >= 0.3 is 5.69 Å². The second-order valence-corrected chi connectivity index (χ2v) is 6.35. The highest BCUT2D eigenvalue weighted by Gasteiger charge is 2.32. The van der Waals surface area contributed by atoms with Crippen molar-refractivity contribution in [2.45, 2.75) is 5.92 Å². The lowest BCUT2D eigenvalue weighted by molar-refractivity contribution is -0.385. The lowest BCUT2D eigenvalue weighted by Crippen LogP contribution is -2.27. The highest BCUT2D eigenvalue weighted by Crippen LogP contribution is 2.32. The lowest BCUT2D eigenvalue weighted by Gasteiger charge is -2.17. The van der Waals surface area contributed by atoms with Gasteiger partial charge in [-0.3, -0.25) is 15.0 Å². The van der Waals surface area contributed by atoms with Crippen LogP contribution in [0.3, 0.4) is 0 Å². The maximum absolute atomic E-state index is 11.0. The molecule has 140 valence electrons. The van der Waals surface area contributed by atoms with Crippen LogP contribution in [0.15, 0.2) is 54.6 Å². The van der Waals surface area contributed by atoms with Gasteiger partial charge in [-0.25, -0.2) is 0 Å². The van der Waals surface area contributed by atoms with Crippen LogP contribution in [0, 0.1) is 16.0 Å². The molecule has 0 amide bonds. The Balaban J connectivity index is 0.00000243. The summed E-state index contributed by atoms with van der Waals surface area (Å²) in [5.74, 6) is 1.17. The van der Waals surface area contributed by atoms with Gasteiger partial charge < -0.3 is 10.5 Å².